The van der Waals surface area contributed by atoms with Gasteiger partial charge in [-0.05, 0) is 38.0 Å². The van der Waals surface area contributed by atoms with Gasteiger partial charge in [-0.25, -0.2) is 0 Å². The number of ketones is 1. The molecule has 6 atom stereocenters. The average molecular weight is 443 g/mol. The fourth-order valence-corrected chi connectivity index (χ4v) is 3.95. The Morgan fingerprint density at radius 2 is 1.84 bits per heavy atom. The fourth-order valence-electron chi connectivity index (χ4n) is 3.95. The van der Waals surface area contributed by atoms with E-state index in [0.29, 0.717) is 12.5 Å². The topological polar surface area (TPSA) is 46.5 Å². The molecule has 3 heteroatoms. The molecule has 0 saturated heterocycles. The number of hydrogen-bond donors (Lipinski definition) is 1. The third-order valence-corrected chi connectivity index (χ3v) is 6.41. The van der Waals surface area contributed by atoms with Gasteiger partial charge in [0.2, 0.25) is 0 Å². The summed E-state index contributed by atoms with van der Waals surface area (Å²) < 4.78 is 5.71. The molecule has 0 aromatic rings. The lowest BCUT2D eigenvalue weighted by atomic mass is 9.84. The van der Waals surface area contributed by atoms with Gasteiger partial charge in [-0.1, -0.05) is 108 Å². The van der Waals surface area contributed by atoms with E-state index in [1.165, 1.54) is 5.57 Å². The molecule has 0 bridgehead atoms. The van der Waals surface area contributed by atoms with E-state index in [4.69, 9.17) is 4.74 Å². The van der Waals surface area contributed by atoms with Crippen LogP contribution in [0.25, 0.3) is 0 Å². The maximum atomic E-state index is 12.7. The van der Waals surface area contributed by atoms with Gasteiger partial charge < -0.3 is 9.84 Å². The summed E-state index contributed by atoms with van der Waals surface area (Å²) in [5, 5.41) is 10.4. The van der Waals surface area contributed by atoms with Crippen LogP contribution in [-0.4, -0.2) is 29.7 Å². The molecule has 1 aliphatic rings. The van der Waals surface area contributed by atoms with Crippen LogP contribution in [0.3, 0.4) is 0 Å². The van der Waals surface area contributed by atoms with Gasteiger partial charge in [-0.2, -0.15) is 0 Å². The molecule has 1 aliphatic heterocycles. The highest BCUT2D eigenvalue weighted by Gasteiger charge is 2.28. The average Bonchev–Trinajstić information content (AvgIpc) is 2.80. The lowest BCUT2D eigenvalue weighted by molar-refractivity contribution is -0.129. The molecule has 0 aromatic heterocycles. The fraction of sp³-hybridized carbons (Fsp3) is 0.621. The molecule has 0 saturated carbocycles. The third-order valence-electron chi connectivity index (χ3n) is 6.41. The molecule has 0 spiro atoms. The van der Waals surface area contributed by atoms with Gasteiger partial charge in [0, 0.05) is 11.8 Å². The van der Waals surface area contributed by atoms with E-state index in [2.05, 4.69) is 56.4 Å². The highest BCUT2D eigenvalue weighted by Crippen LogP contribution is 2.21. The van der Waals surface area contributed by atoms with Crippen molar-refractivity contribution < 1.29 is 14.6 Å². The van der Waals surface area contributed by atoms with Gasteiger partial charge in [-0.3, -0.25) is 4.79 Å². The van der Waals surface area contributed by atoms with Gasteiger partial charge in [0.15, 0.2) is 0 Å². The zero-order chi connectivity index (χ0) is 24.1. The number of carbonyl (C=O) groups is 1. The first-order valence-corrected chi connectivity index (χ1v) is 12.4. The van der Waals surface area contributed by atoms with Crippen LogP contribution in [0.15, 0.2) is 59.8 Å². The van der Waals surface area contributed by atoms with Gasteiger partial charge in [0.05, 0.1) is 18.8 Å². The maximum Gasteiger partial charge on any atom is 0.144 e. The predicted molar refractivity (Wildman–Crippen MR) is 136 cm³/mol. The van der Waals surface area contributed by atoms with Gasteiger partial charge >= 0.3 is 0 Å². The molecular formula is C29H46O3. The maximum absolute atomic E-state index is 12.7. The minimum absolute atomic E-state index is 0.110. The van der Waals surface area contributed by atoms with Gasteiger partial charge in [-0.15, -0.1) is 0 Å². The van der Waals surface area contributed by atoms with Crippen LogP contribution in [-0.2, 0) is 9.53 Å². The largest absolute Gasteiger partial charge is 0.392 e. The number of Topliss-reactive ketones (excluding diaryl/α,β-unsaturated/α-hetero) is 1. The number of rotatable bonds is 13. The standard InChI is InChI=1S/C29H46O3/c1-8-23(5)28(30)25(7)29(31)24(6)19-21(3)13-12-14-22(4)20-26(9-2)16-17-27-15-10-11-18-32-27/h10-13,16-17,19-20,22-25,27-28,30H,8-9,14-15,18H2,1-7H3/b13-12+,17-16+,21-19+,26-20-/t22-,23+,24-,25+,27-,28-/m1/s1. The molecule has 1 rings (SSSR count). The normalized spacial score (nSPS) is 22.8. The Hall–Kier alpha value is -1.71. The number of aliphatic hydroxyl groups excluding tert-OH is 1. The summed E-state index contributed by atoms with van der Waals surface area (Å²) in [4.78, 5) is 12.7. The molecule has 0 unspecified atom stereocenters. The van der Waals surface area contributed by atoms with Gasteiger partial charge in [0.25, 0.3) is 0 Å². The van der Waals surface area contributed by atoms with Crippen molar-refractivity contribution in [3.63, 3.8) is 0 Å². The molecule has 0 radical (unpaired) electrons. The smallest absolute Gasteiger partial charge is 0.144 e. The van der Waals surface area contributed by atoms with E-state index < -0.39 is 6.10 Å². The Morgan fingerprint density at radius 1 is 1.12 bits per heavy atom. The monoisotopic (exact) mass is 442 g/mol. The number of ether oxygens (including phenoxy) is 1. The molecule has 1 N–H and O–H groups in total. The van der Waals surface area contributed by atoms with Crippen LogP contribution in [0.2, 0.25) is 0 Å². The summed E-state index contributed by atoms with van der Waals surface area (Å²) in [5.74, 6) is 0.151. The van der Waals surface area contributed by atoms with E-state index in [-0.39, 0.29) is 29.6 Å². The molecule has 0 aromatic carbocycles. The van der Waals surface area contributed by atoms with E-state index >= 15 is 0 Å². The molecule has 0 amide bonds. The summed E-state index contributed by atoms with van der Waals surface area (Å²) in [6.45, 7) is 15.0. The van der Waals surface area contributed by atoms with Crippen molar-refractivity contribution in [3.05, 3.63) is 59.8 Å². The van der Waals surface area contributed by atoms with Crippen molar-refractivity contribution in [2.45, 2.75) is 86.4 Å². The molecule has 3 nitrogen and oxygen atoms in total. The summed E-state index contributed by atoms with van der Waals surface area (Å²) in [6.07, 6.45) is 20.7. The van der Waals surface area contributed by atoms with E-state index in [9.17, 15) is 9.90 Å². The Bertz CT molecular complexity index is 710. The van der Waals surface area contributed by atoms with Gasteiger partial charge in [0.1, 0.15) is 5.78 Å². The lowest BCUT2D eigenvalue weighted by Gasteiger charge is -2.24. The molecular weight excluding hydrogens is 396 g/mol. The van der Waals surface area contributed by atoms with Crippen LogP contribution in [0, 0.1) is 23.7 Å². The summed E-state index contributed by atoms with van der Waals surface area (Å²) in [5.41, 5.74) is 2.43. The quantitative estimate of drug-likeness (QED) is 0.247. The van der Waals surface area contributed by atoms with E-state index in [1.807, 2.05) is 40.7 Å². The van der Waals surface area contributed by atoms with Crippen molar-refractivity contribution in [1.29, 1.82) is 0 Å². The minimum Gasteiger partial charge on any atom is -0.392 e. The van der Waals surface area contributed by atoms with E-state index in [0.717, 1.165) is 31.3 Å². The Balaban J connectivity index is 2.60. The first-order chi connectivity index (χ1) is 15.2. The number of aliphatic hydroxyl groups is 1. The zero-order valence-corrected chi connectivity index (χ0v) is 21.4. The van der Waals surface area contributed by atoms with Crippen LogP contribution in [0.5, 0.6) is 0 Å². The van der Waals surface area contributed by atoms with Crippen molar-refractivity contribution in [2.24, 2.45) is 23.7 Å². The van der Waals surface area contributed by atoms with Crippen molar-refractivity contribution in [3.8, 4) is 0 Å². The highest BCUT2D eigenvalue weighted by molar-refractivity contribution is 5.85. The van der Waals surface area contributed by atoms with Crippen molar-refractivity contribution in [2.75, 3.05) is 6.61 Å². The predicted octanol–water partition coefficient (Wildman–Crippen LogP) is 7.00. The van der Waals surface area contributed by atoms with Crippen LogP contribution in [0.1, 0.15) is 74.1 Å². The number of allylic oxidation sites excluding steroid dienone is 7. The number of hydrogen-bond acceptors (Lipinski definition) is 3. The number of carbonyl (C=O) groups excluding carboxylic acids is 1. The second-order valence-corrected chi connectivity index (χ2v) is 9.42. The Labute approximate surface area is 197 Å². The molecule has 0 fully saturated rings. The molecule has 1 heterocycles. The highest BCUT2D eigenvalue weighted by atomic mass is 16.5. The molecule has 0 aliphatic carbocycles. The van der Waals surface area contributed by atoms with E-state index in [1.54, 1.807) is 0 Å². The third kappa shape index (κ3) is 10.3. The second kappa shape index (κ2) is 15.2. The van der Waals surface area contributed by atoms with Crippen molar-refractivity contribution in [1.82, 2.24) is 0 Å². The molecule has 32 heavy (non-hydrogen) atoms. The first-order valence-electron chi connectivity index (χ1n) is 12.4. The van der Waals surface area contributed by atoms with Crippen molar-refractivity contribution >= 4 is 5.78 Å². The summed E-state index contributed by atoms with van der Waals surface area (Å²) in [6, 6.07) is 0. The summed E-state index contributed by atoms with van der Waals surface area (Å²) in [7, 11) is 0. The van der Waals surface area contributed by atoms with Crippen LogP contribution >= 0.6 is 0 Å². The second-order valence-electron chi connectivity index (χ2n) is 9.42. The SMILES string of the molecule is CCC(=C/[C@H](C)C/C=C/C(C)=C/[C@@H](C)C(=O)[C@@H](C)[C@H](O)[C@@H](C)CC)/C=C/[C@H]1CC=CCO1. The van der Waals surface area contributed by atoms with Crippen LogP contribution in [0.4, 0.5) is 0 Å². The zero-order valence-electron chi connectivity index (χ0n) is 21.4. The minimum atomic E-state index is -0.574. The first kappa shape index (κ1) is 28.3. The molecule has 180 valence electrons. The Kier molecular flexibility index (Phi) is 13.4. The lowest BCUT2D eigenvalue weighted by Crippen LogP contribution is -2.33. The summed E-state index contributed by atoms with van der Waals surface area (Å²) >= 11 is 0. The Morgan fingerprint density at radius 3 is 2.44 bits per heavy atom. The van der Waals surface area contributed by atoms with Crippen LogP contribution < -0.4 is 0 Å².